The largest absolute Gasteiger partial charge is 0.477 e. The second kappa shape index (κ2) is 6.09. The standard InChI is InChI=1S/C14H21N3O3/c1-3-4-7-15-17-12(14(19)20)9(2)8-10-5-6-11(18)16-13(10)17/h15H,3-8H2,1-2H3,(H,16,18)(H,19,20). The Balaban J connectivity index is 2.29. The third-order valence-corrected chi connectivity index (χ3v) is 3.58. The molecule has 6 heteroatoms. The predicted molar refractivity (Wildman–Crippen MR) is 74.1 cm³/mol. The lowest BCUT2D eigenvalue weighted by Gasteiger charge is -2.37. The zero-order valence-corrected chi connectivity index (χ0v) is 12.0. The normalized spacial score (nSPS) is 19.1. The number of carboxylic acid groups (broad SMARTS) is 1. The van der Waals surface area contributed by atoms with Gasteiger partial charge in [-0.15, -0.1) is 0 Å². The van der Waals surface area contributed by atoms with E-state index in [1.807, 2.05) is 6.92 Å². The van der Waals surface area contributed by atoms with Gasteiger partial charge >= 0.3 is 5.97 Å². The lowest BCUT2D eigenvalue weighted by atomic mass is 9.94. The van der Waals surface area contributed by atoms with Crippen molar-refractivity contribution < 1.29 is 14.7 Å². The van der Waals surface area contributed by atoms with Gasteiger partial charge in [-0.3, -0.25) is 9.80 Å². The van der Waals surface area contributed by atoms with Crippen molar-refractivity contribution in [1.29, 1.82) is 0 Å². The molecule has 20 heavy (non-hydrogen) atoms. The fourth-order valence-corrected chi connectivity index (χ4v) is 2.56. The molecule has 0 spiro atoms. The summed E-state index contributed by atoms with van der Waals surface area (Å²) in [6, 6.07) is 0. The molecule has 2 aliphatic heterocycles. The quantitative estimate of drug-likeness (QED) is 0.664. The maximum absolute atomic E-state index is 11.6. The summed E-state index contributed by atoms with van der Waals surface area (Å²) < 4.78 is 0. The molecule has 0 unspecified atom stereocenters. The molecule has 0 atom stereocenters. The Morgan fingerprint density at radius 3 is 2.85 bits per heavy atom. The van der Waals surface area contributed by atoms with E-state index in [-0.39, 0.29) is 11.6 Å². The van der Waals surface area contributed by atoms with Crippen LogP contribution in [0.2, 0.25) is 0 Å². The number of hydrogen-bond donors (Lipinski definition) is 3. The number of amides is 1. The smallest absolute Gasteiger partial charge is 0.354 e. The third-order valence-electron chi connectivity index (χ3n) is 3.58. The number of hydrogen-bond acceptors (Lipinski definition) is 4. The van der Waals surface area contributed by atoms with Gasteiger partial charge in [-0.05, 0) is 37.3 Å². The van der Waals surface area contributed by atoms with Crippen molar-refractivity contribution in [1.82, 2.24) is 15.8 Å². The van der Waals surface area contributed by atoms with E-state index in [4.69, 9.17) is 0 Å². The van der Waals surface area contributed by atoms with Crippen LogP contribution in [0.5, 0.6) is 0 Å². The second-order valence-electron chi connectivity index (χ2n) is 5.21. The van der Waals surface area contributed by atoms with Gasteiger partial charge in [-0.1, -0.05) is 13.3 Å². The average molecular weight is 279 g/mol. The van der Waals surface area contributed by atoms with Crippen LogP contribution in [-0.4, -0.2) is 28.5 Å². The van der Waals surface area contributed by atoms with E-state index in [0.29, 0.717) is 31.6 Å². The number of hydrazine groups is 1. The number of carbonyl (C=O) groups excluding carboxylic acids is 1. The van der Waals surface area contributed by atoms with Crippen LogP contribution >= 0.6 is 0 Å². The van der Waals surface area contributed by atoms with Gasteiger partial charge in [0, 0.05) is 13.0 Å². The van der Waals surface area contributed by atoms with Gasteiger partial charge < -0.3 is 10.4 Å². The summed E-state index contributed by atoms with van der Waals surface area (Å²) in [7, 11) is 0. The highest BCUT2D eigenvalue weighted by molar-refractivity contribution is 5.88. The number of nitrogens with zero attached hydrogens (tertiary/aromatic N) is 1. The summed E-state index contributed by atoms with van der Waals surface area (Å²) in [6.07, 6.45) is 3.74. The fraction of sp³-hybridized carbons (Fsp3) is 0.571. The molecule has 6 nitrogen and oxygen atoms in total. The van der Waals surface area contributed by atoms with Crippen molar-refractivity contribution in [3.63, 3.8) is 0 Å². The van der Waals surface area contributed by atoms with E-state index >= 15 is 0 Å². The summed E-state index contributed by atoms with van der Waals surface area (Å²) >= 11 is 0. The van der Waals surface area contributed by atoms with Crippen molar-refractivity contribution in [3.8, 4) is 0 Å². The highest BCUT2D eigenvalue weighted by Gasteiger charge is 2.32. The summed E-state index contributed by atoms with van der Waals surface area (Å²) in [5.41, 5.74) is 5.26. The number of carboxylic acids is 1. The monoisotopic (exact) mass is 279 g/mol. The molecule has 3 N–H and O–H groups in total. The molecule has 2 heterocycles. The predicted octanol–water partition coefficient (Wildman–Crippen LogP) is 1.48. The molecule has 0 bridgehead atoms. The molecule has 0 aromatic heterocycles. The Bertz CT molecular complexity index is 494. The van der Waals surface area contributed by atoms with Crippen LogP contribution in [0.25, 0.3) is 0 Å². The molecule has 2 aliphatic rings. The Kier molecular flexibility index (Phi) is 4.44. The maximum Gasteiger partial charge on any atom is 0.354 e. The average Bonchev–Trinajstić information content (AvgIpc) is 2.39. The van der Waals surface area contributed by atoms with E-state index in [2.05, 4.69) is 17.7 Å². The molecular weight excluding hydrogens is 258 g/mol. The molecule has 0 radical (unpaired) electrons. The molecule has 0 aromatic rings. The summed E-state index contributed by atoms with van der Waals surface area (Å²) in [5, 5.41) is 13.8. The van der Waals surface area contributed by atoms with E-state index in [1.54, 1.807) is 5.01 Å². The lowest BCUT2D eigenvalue weighted by molar-refractivity contribution is -0.135. The summed E-state index contributed by atoms with van der Waals surface area (Å²) in [4.78, 5) is 23.1. The first kappa shape index (κ1) is 14.6. The van der Waals surface area contributed by atoms with Gasteiger partial charge in [-0.25, -0.2) is 10.2 Å². The zero-order valence-electron chi connectivity index (χ0n) is 12.0. The van der Waals surface area contributed by atoms with Crippen molar-refractivity contribution in [2.75, 3.05) is 6.54 Å². The molecule has 0 aliphatic carbocycles. The van der Waals surface area contributed by atoms with E-state index < -0.39 is 5.97 Å². The van der Waals surface area contributed by atoms with Crippen LogP contribution in [-0.2, 0) is 9.59 Å². The highest BCUT2D eigenvalue weighted by Crippen LogP contribution is 2.32. The maximum atomic E-state index is 11.6. The van der Waals surface area contributed by atoms with Crippen molar-refractivity contribution in [2.45, 2.75) is 46.0 Å². The number of aliphatic carboxylic acids is 1. The van der Waals surface area contributed by atoms with E-state index in [0.717, 1.165) is 24.0 Å². The van der Waals surface area contributed by atoms with Gasteiger partial charge in [0.1, 0.15) is 11.5 Å². The lowest BCUT2D eigenvalue weighted by Crippen LogP contribution is -2.49. The van der Waals surface area contributed by atoms with Crippen LogP contribution < -0.4 is 10.7 Å². The van der Waals surface area contributed by atoms with E-state index in [9.17, 15) is 14.7 Å². The van der Waals surface area contributed by atoms with Crippen LogP contribution in [0, 0.1) is 0 Å². The Hall–Kier alpha value is -1.82. The highest BCUT2D eigenvalue weighted by atomic mass is 16.4. The van der Waals surface area contributed by atoms with Crippen LogP contribution in [0.15, 0.2) is 22.7 Å². The molecular formula is C14H21N3O3. The molecule has 1 amide bonds. The first-order valence-electron chi connectivity index (χ1n) is 7.03. The Morgan fingerprint density at radius 2 is 2.20 bits per heavy atom. The molecule has 0 saturated carbocycles. The molecule has 110 valence electrons. The van der Waals surface area contributed by atoms with Crippen LogP contribution in [0.1, 0.15) is 46.0 Å². The van der Waals surface area contributed by atoms with Gasteiger partial charge in [0.15, 0.2) is 0 Å². The van der Waals surface area contributed by atoms with Crippen LogP contribution in [0.4, 0.5) is 0 Å². The Labute approximate surface area is 118 Å². The fourth-order valence-electron chi connectivity index (χ4n) is 2.56. The van der Waals surface area contributed by atoms with E-state index in [1.165, 1.54) is 0 Å². The SMILES string of the molecule is CCCCNN1C2=C(CCC(=O)N2)CC(C)=C1C(=O)O. The molecule has 0 fully saturated rings. The first-order valence-corrected chi connectivity index (χ1v) is 7.03. The first-order chi connectivity index (χ1) is 9.54. The number of unbranched alkanes of at least 4 members (excludes halogenated alkanes) is 1. The van der Waals surface area contributed by atoms with Gasteiger partial charge in [0.05, 0.1) is 0 Å². The number of rotatable bonds is 5. The van der Waals surface area contributed by atoms with Crippen molar-refractivity contribution in [3.05, 3.63) is 22.7 Å². The second-order valence-corrected chi connectivity index (χ2v) is 5.21. The Morgan fingerprint density at radius 1 is 1.45 bits per heavy atom. The number of nitrogens with one attached hydrogen (secondary N) is 2. The molecule has 0 aromatic carbocycles. The third kappa shape index (κ3) is 2.85. The van der Waals surface area contributed by atoms with Gasteiger partial charge in [-0.2, -0.15) is 0 Å². The van der Waals surface area contributed by atoms with Crippen molar-refractivity contribution in [2.24, 2.45) is 0 Å². The zero-order chi connectivity index (χ0) is 14.7. The van der Waals surface area contributed by atoms with Crippen LogP contribution in [0.3, 0.4) is 0 Å². The summed E-state index contributed by atoms with van der Waals surface area (Å²) in [6.45, 7) is 4.58. The summed E-state index contributed by atoms with van der Waals surface area (Å²) in [5.74, 6) is -0.423. The minimum atomic E-state index is -0.974. The molecule has 0 saturated heterocycles. The molecule has 2 rings (SSSR count). The van der Waals surface area contributed by atoms with Crippen molar-refractivity contribution >= 4 is 11.9 Å². The number of allylic oxidation sites excluding steroid dienone is 2. The minimum absolute atomic E-state index is 0.0599. The minimum Gasteiger partial charge on any atom is -0.477 e. The van der Waals surface area contributed by atoms with Gasteiger partial charge in [0.2, 0.25) is 5.91 Å². The van der Waals surface area contributed by atoms with Gasteiger partial charge in [0.25, 0.3) is 0 Å². The topological polar surface area (TPSA) is 81.7 Å². The number of carbonyl (C=O) groups is 2.